The highest BCUT2D eigenvalue weighted by atomic mass is 32.2. The Bertz CT molecular complexity index is 787. The lowest BCUT2D eigenvalue weighted by Gasteiger charge is -2.15. The molecule has 34 heavy (non-hydrogen) atoms. The molecule has 3 aliphatic rings. The smallest absolute Gasteiger partial charge is 0.122 e. The maximum absolute atomic E-state index is 5.42. The van der Waals surface area contributed by atoms with Gasteiger partial charge in [0.25, 0.3) is 0 Å². The van der Waals surface area contributed by atoms with E-state index in [1.165, 1.54) is 40.2 Å². The van der Waals surface area contributed by atoms with E-state index in [1.54, 1.807) is 0 Å². The molecule has 0 fully saturated rings. The van der Waals surface area contributed by atoms with Gasteiger partial charge in [0, 0.05) is 17.1 Å². The van der Waals surface area contributed by atoms with Crippen LogP contribution < -0.4 is 9.47 Å². The molecule has 6 rings (SSSR count). The summed E-state index contributed by atoms with van der Waals surface area (Å²) in [6.45, 7) is 13.7. The van der Waals surface area contributed by atoms with Crippen molar-refractivity contribution in [2.75, 3.05) is 19.0 Å². The normalized spacial score (nSPS) is 13.1. The molecule has 0 bridgehead atoms. The maximum Gasteiger partial charge on any atom is 0.122 e. The van der Waals surface area contributed by atoms with Crippen LogP contribution in [0.25, 0.3) is 0 Å². The lowest BCUT2D eigenvalue weighted by Crippen LogP contribution is -2.07. The molecule has 2 nitrogen and oxygen atoms in total. The van der Waals surface area contributed by atoms with Gasteiger partial charge in [0.2, 0.25) is 0 Å². The fourth-order valence-corrected chi connectivity index (χ4v) is 4.61. The summed E-state index contributed by atoms with van der Waals surface area (Å²) < 4.78 is 10.7. The number of benzene rings is 3. The Hall–Kier alpha value is -2.39. The summed E-state index contributed by atoms with van der Waals surface area (Å²) in [4.78, 5) is 1.48. The largest absolute Gasteiger partial charge is 0.493 e. The fraction of sp³-hybridized carbons (Fsp3) is 0.419. The summed E-state index contributed by atoms with van der Waals surface area (Å²) in [6, 6.07) is 25.1. The van der Waals surface area contributed by atoms with E-state index in [-0.39, 0.29) is 0 Å². The van der Waals surface area contributed by atoms with Crippen LogP contribution in [0, 0.1) is 0 Å². The van der Waals surface area contributed by atoms with Crippen molar-refractivity contribution in [1.29, 1.82) is 0 Å². The number of rotatable bonds is 0. The number of ether oxygens (including phenoxy) is 2. The number of aryl methyl sites for hydroxylation is 2. The summed E-state index contributed by atoms with van der Waals surface area (Å²) in [5, 5.41) is 0. The van der Waals surface area contributed by atoms with Gasteiger partial charge in [-0.1, -0.05) is 96.1 Å². The Kier molecular flexibility index (Phi) is 16.5. The van der Waals surface area contributed by atoms with Crippen molar-refractivity contribution in [3.05, 3.63) is 89.5 Å². The average Bonchev–Trinajstić information content (AvgIpc) is 3.63. The molecule has 3 aliphatic heterocycles. The van der Waals surface area contributed by atoms with Crippen LogP contribution in [0.5, 0.6) is 11.5 Å². The first-order chi connectivity index (χ1) is 16.9. The molecule has 0 spiro atoms. The molecule has 0 N–H and O–H groups in total. The van der Waals surface area contributed by atoms with Crippen LogP contribution in [0.1, 0.15) is 64.7 Å². The SMILES string of the molecule is CC.CC.CC.c1ccc2c(c1)CCCO2.c1ccc2c(c1)CCO2.c1ccc2c(c1)CCS2. The Morgan fingerprint density at radius 1 is 0.529 bits per heavy atom. The van der Waals surface area contributed by atoms with Crippen molar-refractivity contribution in [2.45, 2.75) is 72.1 Å². The minimum Gasteiger partial charge on any atom is -0.493 e. The fourth-order valence-electron chi connectivity index (χ4n) is 3.54. The lowest BCUT2D eigenvalue weighted by molar-refractivity contribution is 0.288. The molecule has 0 saturated heterocycles. The van der Waals surface area contributed by atoms with E-state index < -0.39 is 0 Å². The Morgan fingerprint density at radius 3 is 1.59 bits per heavy atom. The van der Waals surface area contributed by atoms with Crippen molar-refractivity contribution >= 4 is 11.8 Å². The number of hydrogen-bond donors (Lipinski definition) is 0. The van der Waals surface area contributed by atoms with Gasteiger partial charge in [-0.25, -0.2) is 0 Å². The predicted molar refractivity (Wildman–Crippen MR) is 151 cm³/mol. The molecule has 3 heteroatoms. The quantitative estimate of drug-likeness (QED) is 0.320. The van der Waals surface area contributed by atoms with E-state index in [9.17, 15) is 0 Å². The van der Waals surface area contributed by atoms with Gasteiger partial charge in [-0.3, -0.25) is 0 Å². The van der Waals surface area contributed by atoms with Crippen LogP contribution >= 0.6 is 11.8 Å². The van der Waals surface area contributed by atoms with Crippen LogP contribution in [0.15, 0.2) is 77.7 Å². The second kappa shape index (κ2) is 19.0. The molecule has 0 radical (unpaired) electrons. The van der Waals surface area contributed by atoms with Gasteiger partial charge in [-0.05, 0) is 54.2 Å². The van der Waals surface area contributed by atoms with Gasteiger partial charge in [0.05, 0.1) is 13.2 Å². The molecule has 0 unspecified atom stereocenters. The van der Waals surface area contributed by atoms with E-state index in [1.807, 2.05) is 83.6 Å². The van der Waals surface area contributed by atoms with Crippen LogP contribution in [0.2, 0.25) is 0 Å². The molecule has 0 saturated carbocycles. The van der Waals surface area contributed by atoms with Crippen molar-refractivity contribution in [3.8, 4) is 11.5 Å². The molecule has 186 valence electrons. The second-order valence-electron chi connectivity index (χ2n) is 6.97. The highest BCUT2D eigenvalue weighted by Gasteiger charge is 2.09. The molecular weight excluding hydrogens is 436 g/mol. The number of para-hydroxylation sites is 2. The zero-order valence-electron chi connectivity index (χ0n) is 22.1. The number of thioether (sulfide) groups is 1. The van der Waals surface area contributed by atoms with Crippen molar-refractivity contribution in [2.24, 2.45) is 0 Å². The zero-order chi connectivity index (χ0) is 25.0. The third-order valence-electron chi connectivity index (χ3n) is 5.02. The number of fused-ring (bicyclic) bond motifs is 3. The molecule has 3 aromatic carbocycles. The Morgan fingerprint density at radius 2 is 1.03 bits per heavy atom. The van der Waals surface area contributed by atoms with Crippen LogP contribution in [-0.2, 0) is 19.3 Å². The van der Waals surface area contributed by atoms with E-state index >= 15 is 0 Å². The third kappa shape index (κ3) is 9.85. The maximum atomic E-state index is 5.42. The first-order valence-electron chi connectivity index (χ1n) is 13.0. The number of hydrogen-bond acceptors (Lipinski definition) is 3. The van der Waals surface area contributed by atoms with Gasteiger partial charge in [0.15, 0.2) is 0 Å². The van der Waals surface area contributed by atoms with Gasteiger partial charge in [0.1, 0.15) is 11.5 Å². The minimum atomic E-state index is 0.860. The topological polar surface area (TPSA) is 18.5 Å². The third-order valence-corrected chi connectivity index (χ3v) is 6.14. The minimum absolute atomic E-state index is 0.860. The molecule has 0 aromatic heterocycles. The van der Waals surface area contributed by atoms with Crippen molar-refractivity contribution < 1.29 is 9.47 Å². The van der Waals surface area contributed by atoms with Crippen LogP contribution in [0.3, 0.4) is 0 Å². The van der Waals surface area contributed by atoms with Crippen LogP contribution in [-0.4, -0.2) is 19.0 Å². The zero-order valence-corrected chi connectivity index (χ0v) is 22.9. The Labute approximate surface area is 213 Å². The molecular formula is C31H44O2S. The first kappa shape index (κ1) is 29.6. The standard InChI is InChI=1S/C9H10O.C8H8O.C8H8S.3C2H6/c1-2-6-9-8(4-1)5-3-7-10-9;2*1-2-4-8-7(3-1)5-6-9-8;3*1-2/h1-2,4,6H,3,5,7H2;2*1-4H,5-6H2;3*1-2H3. The molecule has 0 atom stereocenters. The summed E-state index contributed by atoms with van der Waals surface area (Å²) >= 11 is 1.97. The molecule has 3 aromatic rings. The average molecular weight is 481 g/mol. The van der Waals surface area contributed by atoms with Crippen molar-refractivity contribution in [1.82, 2.24) is 0 Å². The van der Waals surface area contributed by atoms with E-state index in [0.29, 0.717) is 0 Å². The molecule has 3 heterocycles. The summed E-state index contributed by atoms with van der Waals surface area (Å²) in [5.74, 6) is 3.42. The predicted octanol–water partition coefficient (Wildman–Crippen LogP) is 9.05. The van der Waals surface area contributed by atoms with Gasteiger partial charge in [-0.15, -0.1) is 11.8 Å². The summed E-state index contributed by atoms with van der Waals surface area (Å²) in [5.41, 5.74) is 4.23. The van der Waals surface area contributed by atoms with E-state index in [4.69, 9.17) is 9.47 Å². The van der Waals surface area contributed by atoms with Gasteiger partial charge >= 0.3 is 0 Å². The second-order valence-corrected chi connectivity index (χ2v) is 8.11. The highest BCUT2D eigenvalue weighted by Crippen LogP contribution is 2.30. The van der Waals surface area contributed by atoms with Gasteiger partial charge < -0.3 is 9.47 Å². The molecule has 0 amide bonds. The summed E-state index contributed by atoms with van der Waals surface area (Å²) in [6.07, 6.45) is 4.68. The highest BCUT2D eigenvalue weighted by molar-refractivity contribution is 7.99. The van der Waals surface area contributed by atoms with E-state index in [0.717, 1.165) is 37.6 Å². The summed E-state index contributed by atoms with van der Waals surface area (Å²) in [7, 11) is 0. The van der Waals surface area contributed by atoms with Crippen LogP contribution in [0.4, 0.5) is 0 Å². The monoisotopic (exact) mass is 480 g/mol. The van der Waals surface area contributed by atoms with E-state index in [2.05, 4.69) is 42.5 Å². The Balaban J connectivity index is 0.000000230. The lowest BCUT2D eigenvalue weighted by atomic mass is 10.1. The first-order valence-corrected chi connectivity index (χ1v) is 14.0. The van der Waals surface area contributed by atoms with Gasteiger partial charge in [-0.2, -0.15) is 0 Å². The van der Waals surface area contributed by atoms with Crippen molar-refractivity contribution in [3.63, 3.8) is 0 Å². The molecule has 0 aliphatic carbocycles.